The molecule has 1 saturated heterocycles. The van der Waals surface area contributed by atoms with E-state index in [1.807, 2.05) is 49.9 Å². The SMILES string of the molecule is CCC(=O)N1CCN(c2ccc(NC(=O)CSc3nnc(C(C)C)o3)cc2)CC1. The third-order valence-corrected chi connectivity index (χ3v) is 5.51. The summed E-state index contributed by atoms with van der Waals surface area (Å²) in [7, 11) is 0. The van der Waals surface area contributed by atoms with Gasteiger partial charge in [-0.05, 0) is 24.3 Å². The van der Waals surface area contributed by atoms with E-state index in [1.54, 1.807) is 0 Å². The Hall–Kier alpha value is -2.55. The zero-order valence-electron chi connectivity index (χ0n) is 17.1. The molecule has 0 bridgehead atoms. The summed E-state index contributed by atoms with van der Waals surface area (Å²) in [6.07, 6.45) is 0.554. The van der Waals surface area contributed by atoms with Crippen LogP contribution < -0.4 is 10.2 Å². The van der Waals surface area contributed by atoms with E-state index in [2.05, 4.69) is 20.4 Å². The van der Waals surface area contributed by atoms with Gasteiger partial charge >= 0.3 is 0 Å². The predicted octanol–water partition coefficient (Wildman–Crippen LogP) is 2.98. The Kier molecular flexibility index (Phi) is 7.13. The second-order valence-electron chi connectivity index (χ2n) is 7.17. The van der Waals surface area contributed by atoms with Crippen molar-refractivity contribution in [3.8, 4) is 0 Å². The van der Waals surface area contributed by atoms with Gasteiger partial charge in [-0.25, -0.2) is 0 Å². The maximum Gasteiger partial charge on any atom is 0.277 e. The molecule has 0 atom stereocenters. The highest BCUT2D eigenvalue weighted by molar-refractivity contribution is 7.99. The van der Waals surface area contributed by atoms with E-state index in [0.29, 0.717) is 17.5 Å². The maximum atomic E-state index is 12.2. The highest BCUT2D eigenvalue weighted by atomic mass is 32.2. The van der Waals surface area contributed by atoms with Crippen molar-refractivity contribution in [3.05, 3.63) is 30.2 Å². The molecule has 8 nitrogen and oxygen atoms in total. The zero-order valence-corrected chi connectivity index (χ0v) is 17.9. The topological polar surface area (TPSA) is 91.6 Å². The molecule has 1 aliphatic rings. The lowest BCUT2D eigenvalue weighted by atomic mass is 10.2. The Bertz CT molecular complexity index is 829. The van der Waals surface area contributed by atoms with E-state index in [-0.39, 0.29) is 23.5 Å². The van der Waals surface area contributed by atoms with Crippen LogP contribution in [-0.4, -0.2) is 58.8 Å². The monoisotopic (exact) mass is 417 g/mol. The van der Waals surface area contributed by atoms with Crippen LogP contribution in [0.15, 0.2) is 33.9 Å². The Morgan fingerprint density at radius 1 is 1.14 bits per heavy atom. The summed E-state index contributed by atoms with van der Waals surface area (Å²) >= 11 is 1.22. The number of carbonyl (C=O) groups is 2. The number of thioether (sulfide) groups is 1. The minimum absolute atomic E-state index is 0.126. The minimum Gasteiger partial charge on any atom is -0.416 e. The molecule has 0 radical (unpaired) electrons. The van der Waals surface area contributed by atoms with Crippen LogP contribution in [0.2, 0.25) is 0 Å². The third kappa shape index (κ3) is 5.72. The number of hydrogen-bond acceptors (Lipinski definition) is 7. The molecule has 0 saturated carbocycles. The number of nitrogens with zero attached hydrogens (tertiary/aromatic N) is 4. The Balaban J connectivity index is 1.46. The van der Waals surface area contributed by atoms with Crippen LogP contribution >= 0.6 is 11.8 Å². The number of carbonyl (C=O) groups excluding carboxylic acids is 2. The summed E-state index contributed by atoms with van der Waals surface area (Å²) in [6.45, 7) is 8.97. The number of anilines is 2. The van der Waals surface area contributed by atoms with Gasteiger partial charge in [-0.2, -0.15) is 0 Å². The fraction of sp³-hybridized carbons (Fsp3) is 0.500. The van der Waals surface area contributed by atoms with Crippen molar-refractivity contribution in [2.45, 2.75) is 38.3 Å². The summed E-state index contributed by atoms with van der Waals surface area (Å²) in [6, 6.07) is 7.77. The van der Waals surface area contributed by atoms with Crippen LogP contribution in [0.5, 0.6) is 0 Å². The Morgan fingerprint density at radius 3 is 2.41 bits per heavy atom. The standard InChI is InChI=1S/C20H27N5O3S/c1-4-18(27)25-11-9-24(10-12-25)16-7-5-15(6-8-16)21-17(26)13-29-20-23-22-19(28-20)14(2)3/h5-8,14H,4,9-13H2,1-3H3,(H,21,26). The van der Waals surface area contributed by atoms with Gasteiger partial charge < -0.3 is 19.5 Å². The molecule has 0 unspecified atom stereocenters. The normalized spacial score (nSPS) is 14.3. The molecule has 156 valence electrons. The van der Waals surface area contributed by atoms with Crippen molar-refractivity contribution >= 4 is 35.0 Å². The van der Waals surface area contributed by atoms with E-state index in [4.69, 9.17) is 4.42 Å². The Morgan fingerprint density at radius 2 is 1.83 bits per heavy atom. The highest BCUT2D eigenvalue weighted by Crippen LogP contribution is 2.22. The molecular weight excluding hydrogens is 390 g/mol. The third-order valence-electron chi connectivity index (χ3n) is 4.69. The van der Waals surface area contributed by atoms with Crippen LogP contribution in [0.1, 0.15) is 39.0 Å². The summed E-state index contributed by atoms with van der Waals surface area (Å²) in [4.78, 5) is 28.1. The molecular formula is C20H27N5O3S. The second kappa shape index (κ2) is 9.78. The van der Waals surface area contributed by atoms with Crippen molar-refractivity contribution in [2.75, 3.05) is 42.1 Å². The van der Waals surface area contributed by atoms with Crippen LogP contribution in [0.3, 0.4) is 0 Å². The molecule has 1 aromatic carbocycles. The first-order valence-corrected chi connectivity index (χ1v) is 10.8. The van der Waals surface area contributed by atoms with Crippen molar-refractivity contribution < 1.29 is 14.0 Å². The number of benzene rings is 1. The molecule has 2 heterocycles. The molecule has 1 aliphatic heterocycles. The lowest BCUT2D eigenvalue weighted by molar-refractivity contribution is -0.131. The van der Waals surface area contributed by atoms with E-state index >= 15 is 0 Å². The average Bonchev–Trinajstić information content (AvgIpc) is 3.22. The second-order valence-corrected chi connectivity index (χ2v) is 8.09. The quantitative estimate of drug-likeness (QED) is 0.693. The molecule has 3 rings (SSSR count). The number of aromatic nitrogens is 2. The van der Waals surface area contributed by atoms with Gasteiger partial charge in [0.1, 0.15) is 0 Å². The van der Waals surface area contributed by atoms with Gasteiger partial charge in [-0.3, -0.25) is 9.59 Å². The van der Waals surface area contributed by atoms with Gasteiger partial charge in [0.15, 0.2) is 0 Å². The van der Waals surface area contributed by atoms with Gasteiger partial charge in [0.05, 0.1) is 5.75 Å². The summed E-state index contributed by atoms with van der Waals surface area (Å²) < 4.78 is 5.49. The van der Waals surface area contributed by atoms with E-state index in [1.165, 1.54) is 11.8 Å². The summed E-state index contributed by atoms with van der Waals surface area (Å²) in [5.41, 5.74) is 1.83. The molecule has 0 spiro atoms. The lowest BCUT2D eigenvalue weighted by Gasteiger charge is -2.36. The summed E-state index contributed by atoms with van der Waals surface area (Å²) in [5, 5.41) is 11.2. The molecule has 1 fully saturated rings. The molecule has 29 heavy (non-hydrogen) atoms. The fourth-order valence-corrected chi connectivity index (χ4v) is 3.60. The average molecular weight is 418 g/mol. The van der Waals surface area contributed by atoms with Gasteiger partial charge in [0.2, 0.25) is 17.7 Å². The van der Waals surface area contributed by atoms with Gasteiger partial charge in [-0.1, -0.05) is 32.5 Å². The van der Waals surface area contributed by atoms with Crippen molar-refractivity contribution in [2.24, 2.45) is 0 Å². The van der Waals surface area contributed by atoms with Crippen molar-refractivity contribution in [1.82, 2.24) is 15.1 Å². The van der Waals surface area contributed by atoms with Gasteiger partial charge in [0, 0.05) is 49.9 Å². The minimum atomic E-state index is -0.126. The van der Waals surface area contributed by atoms with E-state index in [9.17, 15) is 9.59 Å². The fourth-order valence-electron chi connectivity index (χ4n) is 3.03. The zero-order chi connectivity index (χ0) is 20.8. The number of rotatable bonds is 7. The van der Waals surface area contributed by atoms with Crippen LogP contribution in [0.25, 0.3) is 0 Å². The smallest absolute Gasteiger partial charge is 0.277 e. The molecule has 2 amide bonds. The van der Waals surface area contributed by atoms with Gasteiger partial charge in [-0.15, -0.1) is 10.2 Å². The van der Waals surface area contributed by atoms with Crippen molar-refractivity contribution in [3.63, 3.8) is 0 Å². The number of amides is 2. The molecule has 2 aromatic rings. The first-order chi connectivity index (χ1) is 14.0. The van der Waals surface area contributed by atoms with Gasteiger partial charge in [0.25, 0.3) is 5.22 Å². The Labute approximate surface area is 175 Å². The lowest BCUT2D eigenvalue weighted by Crippen LogP contribution is -2.48. The molecule has 1 N–H and O–H groups in total. The van der Waals surface area contributed by atoms with Crippen molar-refractivity contribution in [1.29, 1.82) is 0 Å². The van der Waals surface area contributed by atoms with Crippen LogP contribution in [-0.2, 0) is 9.59 Å². The number of nitrogens with one attached hydrogen (secondary N) is 1. The van der Waals surface area contributed by atoms with Crippen LogP contribution in [0, 0.1) is 0 Å². The largest absolute Gasteiger partial charge is 0.416 e. The molecule has 0 aliphatic carbocycles. The first-order valence-electron chi connectivity index (χ1n) is 9.85. The number of piperazine rings is 1. The van der Waals surface area contributed by atoms with E-state index in [0.717, 1.165) is 37.6 Å². The van der Waals surface area contributed by atoms with Crippen LogP contribution in [0.4, 0.5) is 11.4 Å². The molecule has 1 aromatic heterocycles. The maximum absolute atomic E-state index is 12.2. The predicted molar refractivity (Wildman–Crippen MR) is 113 cm³/mol. The highest BCUT2D eigenvalue weighted by Gasteiger charge is 2.20. The first kappa shape index (κ1) is 21.2. The molecule has 9 heteroatoms. The number of hydrogen-bond donors (Lipinski definition) is 1. The van der Waals surface area contributed by atoms with E-state index < -0.39 is 0 Å². The summed E-state index contributed by atoms with van der Waals surface area (Å²) in [5.74, 6) is 1.03.